The molecule has 1 fully saturated rings. The molecule has 4 heteroatoms. The highest BCUT2D eigenvalue weighted by atomic mass is 32.2. The van der Waals surface area contributed by atoms with Crippen molar-refractivity contribution in [3.05, 3.63) is 56.9 Å². The first-order valence-corrected chi connectivity index (χ1v) is 17.2. The largest absolute Gasteiger partial charge is 0.371 e. The molecule has 3 nitrogen and oxygen atoms in total. The minimum Gasteiger partial charge on any atom is -0.371 e. The summed E-state index contributed by atoms with van der Waals surface area (Å²) in [6.45, 7) is 14.1. The van der Waals surface area contributed by atoms with E-state index in [9.17, 15) is 10.1 Å². The van der Waals surface area contributed by atoms with E-state index in [1.165, 1.54) is 36.0 Å². The van der Waals surface area contributed by atoms with Crippen LogP contribution in [0.4, 0.5) is 0 Å². The second-order valence-corrected chi connectivity index (χ2v) is 15.2. The van der Waals surface area contributed by atoms with E-state index in [-0.39, 0.29) is 5.60 Å². The topological polar surface area (TPSA) is 50.1 Å². The fraction of sp³-hybridized carbons (Fsp3) is 0.676. The van der Waals surface area contributed by atoms with E-state index >= 15 is 0 Å². The summed E-state index contributed by atoms with van der Waals surface area (Å²) in [5, 5.41) is 14.5. The molecule has 0 aromatic heterocycles. The minimum atomic E-state index is -0.237. The maximum atomic E-state index is 13.2. The number of allylic oxidation sites excluding steroid dienone is 5. The van der Waals surface area contributed by atoms with Crippen molar-refractivity contribution >= 4 is 17.5 Å². The average Bonchev–Trinajstić information content (AvgIpc) is 2.87. The second kappa shape index (κ2) is 14.6. The Morgan fingerprint density at radius 1 is 1.15 bits per heavy atom. The molecule has 0 N–H and O–H groups in total. The quantitative estimate of drug-likeness (QED) is 0.316. The number of carbonyl (C=O) groups is 1. The molecular formula is C37H53NO2S. The maximum Gasteiger partial charge on any atom is 0.159 e. The molecule has 0 spiro atoms. The van der Waals surface area contributed by atoms with Crippen LogP contribution in [0, 0.1) is 46.8 Å². The van der Waals surface area contributed by atoms with Gasteiger partial charge in [0.1, 0.15) is 0 Å². The van der Waals surface area contributed by atoms with E-state index in [1.807, 2.05) is 0 Å². The molecule has 0 saturated heterocycles. The van der Waals surface area contributed by atoms with E-state index in [0.29, 0.717) is 47.9 Å². The molecule has 0 aromatic rings. The number of carbonyl (C=O) groups excluding carboxylic acids is 1. The summed E-state index contributed by atoms with van der Waals surface area (Å²) < 4.78 is 6.21. The lowest BCUT2D eigenvalue weighted by atomic mass is 9.74. The van der Waals surface area contributed by atoms with Crippen LogP contribution in [0.25, 0.3) is 0 Å². The van der Waals surface area contributed by atoms with Crippen molar-refractivity contribution in [2.24, 2.45) is 35.5 Å². The van der Waals surface area contributed by atoms with Crippen LogP contribution in [0.5, 0.6) is 0 Å². The van der Waals surface area contributed by atoms with Gasteiger partial charge in [-0.05, 0) is 122 Å². The van der Waals surface area contributed by atoms with Gasteiger partial charge in [0.15, 0.2) is 5.78 Å². The average molecular weight is 576 g/mol. The van der Waals surface area contributed by atoms with Crippen LogP contribution in [0.3, 0.4) is 0 Å². The molecule has 2 aliphatic carbocycles. The molecule has 0 aromatic carbocycles. The van der Waals surface area contributed by atoms with Crippen molar-refractivity contribution in [2.45, 2.75) is 118 Å². The predicted octanol–water partition coefficient (Wildman–Crippen LogP) is 10.3. The van der Waals surface area contributed by atoms with Crippen molar-refractivity contribution < 1.29 is 9.53 Å². The van der Waals surface area contributed by atoms with Crippen molar-refractivity contribution in [1.29, 1.82) is 5.26 Å². The number of nitrogens with zero attached hydrogens (tertiary/aromatic N) is 1. The van der Waals surface area contributed by atoms with Crippen LogP contribution in [0.2, 0.25) is 0 Å². The van der Waals surface area contributed by atoms with Gasteiger partial charge < -0.3 is 4.74 Å². The van der Waals surface area contributed by atoms with Crippen molar-refractivity contribution in [2.75, 3.05) is 6.61 Å². The van der Waals surface area contributed by atoms with Crippen LogP contribution in [0.15, 0.2) is 56.9 Å². The summed E-state index contributed by atoms with van der Waals surface area (Å²) in [4.78, 5) is 13.2. The first kappa shape index (κ1) is 32.1. The molecule has 0 radical (unpaired) electrons. The van der Waals surface area contributed by atoms with Gasteiger partial charge in [0, 0.05) is 18.4 Å². The van der Waals surface area contributed by atoms with Crippen molar-refractivity contribution in [3.8, 4) is 6.07 Å². The molecule has 2 heterocycles. The van der Waals surface area contributed by atoms with Gasteiger partial charge in [0.05, 0.1) is 23.9 Å². The molecule has 0 amide bonds. The number of nitriles is 1. The molecule has 5 atom stereocenters. The number of thioether (sulfide) groups is 1. The van der Waals surface area contributed by atoms with Crippen LogP contribution in [0.1, 0.15) is 112 Å². The highest BCUT2D eigenvalue weighted by Gasteiger charge is 2.33. The number of ketones is 1. The first-order chi connectivity index (χ1) is 19.5. The molecular weight excluding hydrogens is 522 g/mol. The molecule has 0 bridgehead atoms. The number of hydrogen-bond donors (Lipinski definition) is 0. The fourth-order valence-corrected chi connectivity index (χ4v) is 8.39. The normalized spacial score (nSPS) is 31.2. The second-order valence-electron chi connectivity index (χ2n) is 14.4. The molecule has 224 valence electrons. The summed E-state index contributed by atoms with van der Waals surface area (Å²) in [7, 11) is 0. The van der Waals surface area contributed by atoms with Crippen LogP contribution in [-0.2, 0) is 9.53 Å². The lowest BCUT2D eigenvalue weighted by Crippen LogP contribution is -2.32. The zero-order chi connectivity index (χ0) is 29.6. The van der Waals surface area contributed by atoms with E-state index in [4.69, 9.17) is 4.74 Å². The first-order valence-electron chi connectivity index (χ1n) is 16.3. The summed E-state index contributed by atoms with van der Waals surface area (Å²) in [5.41, 5.74) is 5.54. The SMILES string of the molecule is CC1C=CSC=C(C(=O)CC2CCCC(CC3C=C(C#N)C4=C(COC(C)(C)C4)C(C(C)C)=CC3)CC(C)C2)CC1. The Kier molecular flexibility index (Phi) is 11.4. The van der Waals surface area contributed by atoms with Gasteiger partial charge in [-0.2, -0.15) is 5.26 Å². The van der Waals surface area contributed by atoms with Crippen molar-refractivity contribution in [1.82, 2.24) is 0 Å². The van der Waals surface area contributed by atoms with Crippen LogP contribution >= 0.6 is 11.8 Å². The van der Waals surface area contributed by atoms with Gasteiger partial charge >= 0.3 is 0 Å². The Balaban J connectivity index is 1.41. The molecule has 1 saturated carbocycles. The monoisotopic (exact) mass is 575 g/mol. The third-order valence-corrected chi connectivity index (χ3v) is 10.5. The Labute approximate surface area is 254 Å². The summed E-state index contributed by atoms with van der Waals surface area (Å²) in [5.74, 6) is 3.56. The number of rotatable bonds is 6. The van der Waals surface area contributed by atoms with Crippen molar-refractivity contribution in [3.63, 3.8) is 0 Å². The van der Waals surface area contributed by atoms with E-state index in [2.05, 4.69) is 76.7 Å². The maximum absolute atomic E-state index is 13.2. The van der Waals surface area contributed by atoms with Gasteiger partial charge in [-0.1, -0.05) is 58.8 Å². The van der Waals surface area contributed by atoms with Gasteiger partial charge in [0.25, 0.3) is 0 Å². The van der Waals surface area contributed by atoms with E-state index in [0.717, 1.165) is 62.5 Å². The molecule has 4 aliphatic rings. The number of Topliss-reactive ketones (excluding diaryl/α,β-unsaturated/α-hetero) is 1. The van der Waals surface area contributed by atoms with E-state index < -0.39 is 0 Å². The van der Waals surface area contributed by atoms with Crippen LogP contribution < -0.4 is 0 Å². The molecule has 2 aliphatic heterocycles. The lowest BCUT2D eigenvalue weighted by molar-refractivity contribution is -0.116. The molecule has 5 unspecified atom stereocenters. The Hall–Kier alpha value is -1.83. The lowest BCUT2D eigenvalue weighted by Gasteiger charge is -2.36. The Morgan fingerprint density at radius 2 is 1.90 bits per heavy atom. The minimum absolute atomic E-state index is 0.237. The highest BCUT2D eigenvalue weighted by Crippen LogP contribution is 2.42. The van der Waals surface area contributed by atoms with Gasteiger partial charge in [-0.15, -0.1) is 11.8 Å². The number of hydrogen-bond acceptors (Lipinski definition) is 4. The van der Waals surface area contributed by atoms with Gasteiger partial charge in [0.2, 0.25) is 0 Å². The summed E-state index contributed by atoms with van der Waals surface area (Å²) in [6, 6.07) is 2.61. The van der Waals surface area contributed by atoms with Gasteiger partial charge in [-0.25, -0.2) is 0 Å². The summed E-state index contributed by atoms with van der Waals surface area (Å²) in [6.07, 6.45) is 18.7. The number of ether oxygens (including phenoxy) is 1. The highest BCUT2D eigenvalue weighted by molar-refractivity contribution is 8.04. The third-order valence-electron chi connectivity index (χ3n) is 9.76. The standard InChI is InChI=1S/C37H53NO2S/c1-25(2)33-13-11-30(19-32(22-38)34-21-37(5,6)40-23-35(33)34)18-28-8-7-9-29(17-27(4)16-28)20-36(39)31-12-10-26(3)14-15-41-24-31/h13-15,19,24-30H,7-12,16-18,20-21,23H2,1-6H3. The summed E-state index contributed by atoms with van der Waals surface area (Å²) >= 11 is 1.67. The zero-order valence-electron chi connectivity index (χ0n) is 26.5. The third kappa shape index (κ3) is 9.08. The van der Waals surface area contributed by atoms with Crippen LogP contribution in [-0.4, -0.2) is 18.0 Å². The van der Waals surface area contributed by atoms with E-state index in [1.54, 1.807) is 11.8 Å². The van der Waals surface area contributed by atoms with Gasteiger partial charge in [-0.3, -0.25) is 4.79 Å². The predicted molar refractivity (Wildman–Crippen MR) is 173 cm³/mol. The fourth-order valence-electron chi connectivity index (χ4n) is 7.54. The molecule has 4 rings (SSSR count). The molecule has 41 heavy (non-hydrogen) atoms. The Bertz CT molecular complexity index is 1140. The smallest absolute Gasteiger partial charge is 0.159 e. The Morgan fingerprint density at radius 3 is 2.66 bits per heavy atom. The zero-order valence-corrected chi connectivity index (χ0v) is 27.3.